The number of pyridine rings is 1. The Morgan fingerprint density at radius 3 is 2.73 bits per heavy atom. The lowest BCUT2D eigenvalue weighted by molar-refractivity contribution is 0.0706. The number of nitrogens with zero attached hydrogens (tertiary/aromatic N) is 2. The van der Waals surface area contributed by atoms with E-state index < -0.39 is 5.91 Å². The Balaban J connectivity index is 1.54. The van der Waals surface area contributed by atoms with Gasteiger partial charge in [0.05, 0.1) is 0 Å². The molecule has 1 amide bonds. The average Bonchev–Trinajstić information content (AvgIpc) is 3.10. The molecule has 26 heavy (non-hydrogen) atoms. The van der Waals surface area contributed by atoms with Gasteiger partial charge in [0, 0.05) is 43.1 Å². The van der Waals surface area contributed by atoms with E-state index in [1.165, 1.54) is 5.56 Å². The number of ether oxygens (including phenoxy) is 1. The molecule has 1 aliphatic rings. The van der Waals surface area contributed by atoms with Crippen molar-refractivity contribution in [3.8, 4) is 0 Å². The first-order valence-electron chi connectivity index (χ1n) is 8.80. The zero-order chi connectivity index (χ0) is 17.9. The number of hydrogen-bond acceptors (Lipinski definition) is 4. The first kappa shape index (κ1) is 16.8. The summed E-state index contributed by atoms with van der Waals surface area (Å²) in [5.74, 6) is 0.0273. The second kappa shape index (κ2) is 7.27. The van der Waals surface area contributed by atoms with Crippen LogP contribution >= 0.6 is 0 Å². The minimum Gasteiger partial charge on any atom is -0.381 e. The molecule has 1 fully saturated rings. The van der Waals surface area contributed by atoms with E-state index in [9.17, 15) is 4.79 Å². The van der Waals surface area contributed by atoms with Gasteiger partial charge in [0.15, 0.2) is 0 Å². The van der Waals surface area contributed by atoms with E-state index in [1.807, 2.05) is 24.5 Å². The fraction of sp³-hybridized carbons (Fsp3) is 0.300. The Hall–Kier alpha value is -2.70. The molecule has 6 heteroatoms. The van der Waals surface area contributed by atoms with Crippen LogP contribution in [0.4, 0.5) is 0 Å². The van der Waals surface area contributed by atoms with Gasteiger partial charge in [0.1, 0.15) is 5.65 Å². The molecule has 6 nitrogen and oxygen atoms in total. The predicted octanol–water partition coefficient (Wildman–Crippen LogP) is 3.10. The molecule has 0 saturated carbocycles. The first-order chi connectivity index (χ1) is 12.7. The van der Waals surface area contributed by atoms with Gasteiger partial charge in [-0.1, -0.05) is 12.1 Å². The molecule has 1 saturated heterocycles. The molecule has 0 unspecified atom stereocenters. The summed E-state index contributed by atoms with van der Waals surface area (Å²) in [6.07, 6.45) is 6.15. The van der Waals surface area contributed by atoms with Gasteiger partial charge in [-0.2, -0.15) is 0 Å². The molecule has 2 N–H and O–H groups in total. The van der Waals surface area contributed by atoms with Crippen LogP contribution in [0, 0.1) is 0 Å². The summed E-state index contributed by atoms with van der Waals surface area (Å²) in [5, 5.41) is 9.82. The molecule has 0 bridgehead atoms. The van der Waals surface area contributed by atoms with Crippen molar-refractivity contribution in [3.05, 3.63) is 65.5 Å². The topological polar surface area (TPSA) is 76.4 Å². The molecular formula is C20H21N3O3. The zero-order valence-corrected chi connectivity index (χ0v) is 14.4. The smallest absolute Gasteiger partial charge is 0.274 e. The van der Waals surface area contributed by atoms with Crippen molar-refractivity contribution in [1.82, 2.24) is 15.0 Å². The number of hydroxylamine groups is 1. The number of benzene rings is 1. The number of aromatic nitrogens is 2. The van der Waals surface area contributed by atoms with Crippen LogP contribution in [0.15, 0.2) is 48.8 Å². The maximum Gasteiger partial charge on any atom is 0.274 e. The zero-order valence-electron chi connectivity index (χ0n) is 14.4. The van der Waals surface area contributed by atoms with Crippen molar-refractivity contribution in [1.29, 1.82) is 0 Å². The minimum atomic E-state index is -0.509. The SMILES string of the molecule is O=C(NO)c1ccc(Cn2ccc3cc(C4CCOCC4)cnc32)cc1. The highest BCUT2D eigenvalue weighted by Crippen LogP contribution is 2.28. The second-order valence-corrected chi connectivity index (χ2v) is 6.65. The number of carbonyl (C=O) groups is 1. The maximum absolute atomic E-state index is 11.4. The number of nitrogens with one attached hydrogen (secondary N) is 1. The number of carbonyl (C=O) groups excluding carboxylic acids is 1. The van der Waals surface area contributed by atoms with Gasteiger partial charge >= 0.3 is 0 Å². The van der Waals surface area contributed by atoms with Crippen molar-refractivity contribution in [2.24, 2.45) is 0 Å². The highest BCUT2D eigenvalue weighted by atomic mass is 16.5. The molecule has 4 rings (SSSR count). The number of amides is 1. The van der Waals surface area contributed by atoms with Gasteiger partial charge < -0.3 is 9.30 Å². The van der Waals surface area contributed by atoms with Crippen molar-refractivity contribution in [2.45, 2.75) is 25.3 Å². The predicted molar refractivity (Wildman–Crippen MR) is 97.3 cm³/mol. The van der Waals surface area contributed by atoms with Gasteiger partial charge in [-0.3, -0.25) is 10.0 Å². The monoisotopic (exact) mass is 351 g/mol. The number of fused-ring (bicyclic) bond motifs is 1. The number of rotatable bonds is 4. The van der Waals surface area contributed by atoms with Crippen molar-refractivity contribution < 1.29 is 14.7 Å². The van der Waals surface area contributed by atoms with E-state index in [0.29, 0.717) is 18.0 Å². The summed E-state index contributed by atoms with van der Waals surface area (Å²) < 4.78 is 7.55. The third-order valence-electron chi connectivity index (χ3n) is 4.99. The quantitative estimate of drug-likeness (QED) is 0.559. The largest absolute Gasteiger partial charge is 0.381 e. The Morgan fingerprint density at radius 1 is 1.23 bits per heavy atom. The van der Waals surface area contributed by atoms with Crippen LogP contribution in [0.2, 0.25) is 0 Å². The highest BCUT2D eigenvalue weighted by molar-refractivity contribution is 5.93. The van der Waals surface area contributed by atoms with Crippen LogP contribution in [0.25, 0.3) is 11.0 Å². The third-order valence-corrected chi connectivity index (χ3v) is 4.99. The highest BCUT2D eigenvalue weighted by Gasteiger charge is 2.17. The van der Waals surface area contributed by atoms with E-state index in [2.05, 4.69) is 16.7 Å². The molecular weight excluding hydrogens is 330 g/mol. The molecule has 0 radical (unpaired) electrons. The fourth-order valence-electron chi connectivity index (χ4n) is 3.50. The Bertz CT molecular complexity index is 912. The minimum absolute atomic E-state index is 0.424. The fourth-order valence-corrected chi connectivity index (χ4v) is 3.50. The maximum atomic E-state index is 11.4. The Labute approximate surface area is 151 Å². The lowest BCUT2D eigenvalue weighted by atomic mass is 9.92. The second-order valence-electron chi connectivity index (χ2n) is 6.65. The summed E-state index contributed by atoms with van der Waals surface area (Å²) in [5.41, 5.74) is 5.37. The first-order valence-corrected chi connectivity index (χ1v) is 8.80. The van der Waals surface area contributed by atoms with Gasteiger partial charge in [-0.05, 0) is 54.2 Å². The van der Waals surface area contributed by atoms with Gasteiger partial charge in [0.2, 0.25) is 0 Å². The van der Waals surface area contributed by atoms with Crippen LogP contribution in [-0.4, -0.2) is 33.9 Å². The van der Waals surface area contributed by atoms with Crippen molar-refractivity contribution in [2.75, 3.05) is 13.2 Å². The Kier molecular flexibility index (Phi) is 4.69. The van der Waals surface area contributed by atoms with Crippen LogP contribution in [0.5, 0.6) is 0 Å². The standard InChI is InChI=1S/C20H21N3O3/c24-20(22-25)16-3-1-14(2-4-16)13-23-8-5-17-11-18(12-21-19(17)23)15-6-9-26-10-7-15/h1-5,8,11-12,15,25H,6-7,9-10,13H2,(H,22,24). The van der Waals surface area contributed by atoms with Crippen LogP contribution in [0.3, 0.4) is 0 Å². The van der Waals surface area contributed by atoms with Crippen molar-refractivity contribution in [3.63, 3.8) is 0 Å². The van der Waals surface area contributed by atoms with E-state index in [0.717, 1.165) is 42.7 Å². The average molecular weight is 351 g/mol. The summed E-state index contributed by atoms with van der Waals surface area (Å²) in [7, 11) is 0. The summed E-state index contributed by atoms with van der Waals surface area (Å²) in [6.45, 7) is 2.33. The Morgan fingerprint density at radius 2 is 2.00 bits per heavy atom. The van der Waals surface area contributed by atoms with E-state index in [1.54, 1.807) is 17.6 Å². The summed E-state index contributed by atoms with van der Waals surface area (Å²) in [6, 6.07) is 11.5. The normalized spacial score (nSPS) is 15.3. The van der Waals surface area contributed by atoms with Gasteiger partial charge in [0.25, 0.3) is 5.91 Å². The molecule has 0 atom stereocenters. The van der Waals surface area contributed by atoms with Gasteiger partial charge in [-0.15, -0.1) is 0 Å². The molecule has 1 aliphatic heterocycles. The van der Waals surface area contributed by atoms with Crippen LogP contribution in [0.1, 0.15) is 40.2 Å². The van der Waals surface area contributed by atoms with E-state index >= 15 is 0 Å². The lowest BCUT2D eigenvalue weighted by Gasteiger charge is -2.22. The molecule has 0 spiro atoms. The molecule has 3 heterocycles. The molecule has 0 aliphatic carbocycles. The lowest BCUT2D eigenvalue weighted by Crippen LogP contribution is -2.18. The third kappa shape index (κ3) is 3.34. The molecule has 1 aromatic carbocycles. The molecule has 3 aromatic rings. The van der Waals surface area contributed by atoms with Crippen LogP contribution in [-0.2, 0) is 11.3 Å². The summed E-state index contributed by atoms with van der Waals surface area (Å²) >= 11 is 0. The van der Waals surface area contributed by atoms with Crippen molar-refractivity contribution >= 4 is 16.9 Å². The molecule has 134 valence electrons. The van der Waals surface area contributed by atoms with E-state index in [-0.39, 0.29) is 0 Å². The summed E-state index contributed by atoms with van der Waals surface area (Å²) in [4.78, 5) is 16.1. The molecule has 2 aromatic heterocycles. The van der Waals surface area contributed by atoms with Gasteiger partial charge in [-0.25, -0.2) is 10.5 Å². The van der Waals surface area contributed by atoms with Crippen LogP contribution < -0.4 is 5.48 Å². The number of hydrogen-bond donors (Lipinski definition) is 2. The van der Waals surface area contributed by atoms with E-state index in [4.69, 9.17) is 14.9 Å².